The molecule has 3 aromatic heterocycles. The Morgan fingerprint density at radius 3 is 1.47 bits per heavy atom. The second-order valence-corrected chi connectivity index (χ2v) is 13.0. The van der Waals surface area contributed by atoms with Gasteiger partial charge in [-0.3, -0.25) is 9.98 Å². The van der Waals surface area contributed by atoms with Gasteiger partial charge in [-0.05, 0) is 78.4 Å². The highest BCUT2D eigenvalue weighted by atomic mass is 14.9. The van der Waals surface area contributed by atoms with E-state index in [1.54, 1.807) is 6.20 Å². The van der Waals surface area contributed by atoms with Gasteiger partial charge < -0.3 is 0 Å². The zero-order valence-electron chi connectivity index (χ0n) is 30.4. The Labute approximate surface area is 321 Å². The fourth-order valence-corrected chi connectivity index (χ4v) is 6.64. The number of rotatable bonds is 10. The average Bonchev–Trinajstić information content (AvgIpc) is 3.27. The zero-order valence-corrected chi connectivity index (χ0v) is 30.4. The summed E-state index contributed by atoms with van der Waals surface area (Å²) >= 11 is 0. The SMILES string of the molecule is C=N/C(=C\C=C/C)c1cc(-c2cccc(-c3nc(-c4ccccc4)c(-c4ccccc4)nc3-c3cccc(-c4ccccc4)c3)c2)cc(-c2ccccn2)n1. The number of pyridine rings is 2. The molecule has 5 nitrogen and oxygen atoms in total. The molecule has 0 atom stereocenters. The minimum Gasteiger partial charge on any atom is -0.262 e. The molecule has 0 radical (unpaired) electrons. The van der Waals surface area contributed by atoms with E-state index in [0.717, 1.165) is 78.7 Å². The van der Waals surface area contributed by atoms with Crippen LogP contribution in [0, 0.1) is 0 Å². The standard InChI is InChI=1S/C50H37N5/c1-3-4-28-43(51-2)45-33-42(34-46(53-45)44-29-14-15-30-52-44)39-25-17-27-41(32-39)50-49(40-26-16-24-38(31-40)35-18-8-5-9-19-35)54-47(36-20-10-6-11-21-36)48(55-50)37-22-12-7-13-23-37/h3-34H,2H2,1H3/b4-3-,43-28-. The van der Waals surface area contributed by atoms with Gasteiger partial charge in [-0.15, -0.1) is 0 Å². The van der Waals surface area contributed by atoms with Gasteiger partial charge >= 0.3 is 0 Å². The highest BCUT2D eigenvalue weighted by molar-refractivity contribution is 5.89. The summed E-state index contributed by atoms with van der Waals surface area (Å²) < 4.78 is 0. The molecular formula is C50H37N5. The minimum absolute atomic E-state index is 0.670. The van der Waals surface area contributed by atoms with Crippen molar-refractivity contribution in [3.63, 3.8) is 0 Å². The van der Waals surface area contributed by atoms with E-state index in [0.29, 0.717) is 11.4 Å². The van der Waals surface area contributed by atoms with Gasteiger partial charge in [-0.25, -0.2) is 15.0 Å². The van der Waals surface area contributed by atoms with Crippen LogP contribution in [-0.4, -0.2) is 26.7 Å². The lowest BCUT2D eigenvalue weighted by atomic mass is 9.95. The Hall–Kier alpha value is -7.37. The lowest BCUT2D eigenvalue weighted by Crippen LogP contribution is -2.01. The summed E-state index contributed by atoms with van der Waals surface area (Å²) in [6.45, 7) is 5.82. The average molecular weight is 708 g/mol. The van der Waals surface area contributed by atoms with Crippen LogP contribution in [0.4, 0.5) is 0 Å². The normalized spacial score (nSPS) is 11.5. The number of hydrogen-bond donors (Lipinski definition) is 0. The number of aliphatic imine (C=N–C) groups is 1. The topological polar surface area (TPSA) is 63.9 Å². The third kappa shape index (κ3) is 7.59. The summed E-state index contributed by atoms with van der Waals surface area (Å²) in [4.78, 5) is 25.0. The van der Waals surface area contributed by atoms with E-state index in [4.69, 9.17) is 15.0 Å². The predicted molar refractivity (Wildman–Crippen MR) is 228 cm³/mol. The molecule has 0 aliphatic heterocycles. The number of hydrogen-bond acceptors (Lipinski definition) is 5. The molecule has 0 saturated heterocycles. The molecular weight excluding hydrogens is 671 g/mol. The minimum atomic E-state index is 0.670. The summed E-state index contributed by atoms with van der Waals surface area (Å²) in [5, 5.41) is 0. The number of allylic oxidation sites excluding steroid dienone is 3. The van der Waals surface area contributed by atoms with Crippen molar-refractivity contribution >= 4 is 12.4 Å². The molecule has 55 heavy (non-hydrogen) atoms. The van der Waals surface area contributed by atoms with E-state index >= 15 is 0 Å². The Kier molecular flexibility index (Phi) is 10.2. The van der Waals surface area contributed by atoms with Crippen LogP contribution in [0.2, 0.25) is 0 Å². The summed E-state index contributed by atoms with van der Waals surface area (Å²) in [5.41, 5.74) is 14.2. The maximum Gasteiger partial charge on any atom is 0.0973 e. The molecule has 5 aromatic carbocycles. The smallest absolute Gasteiger partial charge is 0.0973 e. The molecule has 0 spiro atoms. The summed E-state index contributed by atoms with van der Waals surface area (Å²) in [7, 11) is 0. The highest BCUT2D eigenvalue weighted by Gasteiger charge is 2.20. The fraction of sp³-hybridized carbons (Fsp3) is 0.0200. The van der Waals surface area contributed by atoms with Gasteiger partial charge in [0.15, 0.2) is 0 Å². The van der Waals surface area contributed by atoms with Crippen LogP contribution in [0.25, 0.3) is 84.4 Å². The number of nitrogens with zero attached hydrogens (tertiary/aromatic N) is 5. The first kappa shape index (κ1) is 34.7. The van der Waals surface area contributed by atoms with Crippen molar-refractivity contribution in [3.05, 3.63) is 200 Å². The van der Waals surface area contributed by atoms with Gasteiger partial charge in [0.25, 0.3) is 0 Å². The molecule has 0 amide bonds. The van der Waals surface area contributed by atoms with Crippen LogP contribution in [0.3, 0.4) is 0 Å². The first-order valence-corrected chi connectivity index (χ1v) is 18.2. The molecule has 262 valence electrons. The third-order valence-corrected chi connectivity index (χ3v) is 9.33. The largest absolute Gasteiger partial charge is 0.262 e. The molecule has 0 saturated carbocycles. The maximum atomic E-state index is 5.54. The van der Waals surface area contributed by atoms with E-state index < -0.39 is 0 Å². The molecule has 3 heterocycles. The van der Waals surface area contributed by atoms with E-state index in [-0.39, 0.29) is 0 Å². The van der Waals surface area contributed by atoms with E-state index in [2.05, 4.69) is 126 Å². The van der Waals surface area contributed by atoms with Crippen LogP contribution in [0.5, 0.6) is 0 Å². The third-order valence-electron chi connectivity index (χ3n) is 9.33. The first-order valence-electron chi connectivity index (χ1n) is 18.2. The van der Waals surface area contributed by atoms with E-state index in [1.165, 1.54) is 0 Å². The summed E-state index contributed by atoms with van der Waals surface area (Å²) in [5.74, 6) is 0. The first-order chi connectivity index (χ1) is 27.2. The van der Waals surface area contributed by atoms with Crippen LogP contribution < -0.4 is 0 Å². The fourth-order valence-electron chi connectivity index (χ4n) is 6.64. The van der Waals surface area contributed by atoms with Gasteiger partial charge in [0.2, 0.25) is 0 Å². The van der Waals surface area contributed by atoms with Crippen LogP contribution in [0.15, 0.2) is 199 Å². The van der Waals surface area contributed by atoms with Crippen molar-refractivity contribution in [1.82, 2.24) is 19.9 Å². The number of benzene rings is 5. The van der Waals surface area contributed by atoms with Crippen LogP contribution in [0.1, 0.15) is 12.6 Å². The zero-order chi connectivity index (χ0) is 37.4. The van der Waals surface area contributed by atoms with E-state index in [1.807, 2.05) is 85.8 Å². The van der Waals surface area contributed by atoms with Crippen molar-refractivity contribution in [2.45, 2.75) is 6.92 Å². The van der Waals surface area contributed by atoms with Gasteiger partial charge in [0.05, 0.1) is 45.6 Å². The van der Waals surface area contributed by atoms with Crippen LogP contribution >= 0.6 is 0 Å². The summed E-state index contributed by atoms with van der Waals surface area (Å²) in [6.07, 6.45) is 7.60. The predicted octanol–water partition coefficient (Wildman–Crippen LogP) is 12.6. The Morgan fingerprint density at radius 2 is 0.945 bits per heavy atom. The molecule has 8 rings (SSSR count). The Balaban J connectivity index is 1.36. The number of aromatic nitrogens is 4. The van der Waals surface area contributed by atoms with Crippen molar-refractivity contribution in [2.75, 3.05) is 0 Å². The van der Waals surface area contributed by atoms with Crippen molar-refractivity contribution in [2.24, 2.45) is 4.99 Å². The Morgan fingerprint density at radius 1 is 0.455 bits per heavy atom. The molecule has 0 bridgehead atoms. The van der Waals surface area contributed by atoms with Gasteiger partial charge in [-0.1, -0.05) is 146 Å². The molecule has 0 unspecified atom stereocenters. The van der Waals surface area contributed by atoms with Crippen molar-refractivity contribution in [1.29, 1.82) is 0 Å². The van der Waals surface area contributed by atoms with Gasteiger partial charge in [0, 0.05) is 28.5 Å². The molecule has 0 fully saturated rings. The molecule has 8 aromatic rings. The van der Waals surface area contributed by atoms with Gasteiger partial charge in [-0.2, -0.15) is 0 Å². The van der Waals surface area contributed by atoms with Gasteiger partial charge in [0.1, 0.15) is 0 Å². The van der Waals surface area contributed by atoms with E-state index in [9.17, 15) is 0 Å². The molecule has 5 heteroatoms. The van der Waals surface area contributed by atoms with Crippen LogP contribution in [-0.2, 0) is 0 Å². The monoisotopic (exact) mass is 707 g/mol. The highest BCUT2D eigenvalue weighted by Crippen LogP contribution is 2.39. The Bertz CT molecular complexity index is 2650. The molecule has 0 aliphatic rings. The summed E-state index contributed by atoms with van der Waals surface area (Å²) in [6, 6.07) is 58.0. The quantitative estimate of drug-likeness (QED) is 0.105. The lowest BCUT2D eigenvalue weighted by Gasteiger charge is -2.17. The second kappa shape index (κ2) is 16.1. The maximum absolute atomic E-state index is 5.54. The molecule has 0 N–H and O–H groups in total. The lowest BCUT2D eigenvalue weighted by molar-refractivity contribution is 1.21. The van der Waals surface area contributed by atoms with Crippen molar-refractivity contribution in [3.8, 4) is 78.7 Å². The molecule has 0 aliphatic carbocycles. The second-order valence-electron chi connectivity index (χ2n) is 13.0. The van der Waals surface area contributed by atoms with Crippen molar-refractivity contribution < 1.29 is 0 Å².